The number of amides is 1. The lowest BCUT2D eigenvalue weighted by Crippen LogP contribution is -2.32. The Balaban J connectivity index is 1.72. The molecule has 4 nitrogen and oxygen atoms in total. The number of hydrogen-bond acceptors (Lipinski definition) is 3. The van der Waals surface area contributed by atoms with Crippen LogP contribution in [0.3, 0.4) is 0 Å². The molecule has 5 heteroatoms. The van der Waals surface area contributed by atoms with E-state index in [9.17, 15) is 4.79 Å². The van der Waals surface area contributed by atoms with Crippen LogP contribution in [-0.4, -0.2) is 16.9 Å². The maximum Gasteiger partial charge on any atom is 0.251 e. The van der Waals surface area contributed by atoms with Gasteiger partial charge in [0.2, 0.25) is 0 Å². The summed E-state index contributed by atoms with van der Waals surface area (Å²) in [6.07, 6.45) is 6.23. The third-order valence-corrected chi connectivity index (χ3v) is 4.76. The fourth-order valence-corrected chi connectivity index (χ4v) is 3.43. The van der Waals surface area contributed by atoms with Crippen molar-refractivity contribution in [2.45, 2.75) is 38.6 Å². The van der Waals surface area contributed by atoms with E-state index in [0.29, 0.717) is 17.4 Å². The minimum atomic E-state index is -0.0229. The van der Waals surface area contributed by atoms with Crippen molar-refractivity contribution in [3.8, 4) is 0 Å². The molecule has 2 N–H and O–H groups in total. The lowest BCUT2D eigenvalue weighted by Gasteiger charge is -2.13. The Bertz CT molecular complexity index is 711. The van der Waals surface area contributed by atoms with Crippen LogP contribution in [0.15, 0.2) is 41.0 Å². The second-order valence-electron chi connectivity index (χ2n) is 5.99. The first-order valence-electron chi connectivity index (χ1n) is 7.92. The Morgan fingerprint density at radius 3 is 2.74 bits per heavy atom. The van der Waals surface area contributed by atoms with E-state index in [0.717, 1.165) is 23.0 Å². The van der Waals surface area contributed by atoms with E-state index >= 15 is 0 Å². The summed E-state index contributed by atoms with van der Waals surface area (Å²) in [5, 5.41) is 6.35. The number of carbonyl (C=O) groups excluding carboxylic acids is 1. The third-order valence-electron chi connectivity index (χ3n) is 4.10. The average Bonchev–Trinajstić information content (AvgIpc) is 3.03. The van der Waals surface area contributed by atoms with Crippen LogP contribution < -0.4 is 10.6 Å². The van der Waals surface area contributed by atoms with Gasteiger partial charge in [0.15, 0.2) is 0 Å². The van der Waals surface area contributed by atoms with E-state index in [1.165, 1.54) is 18.4 Å². The highest BCUT2D eigenvalue weighted by molar-refractivity contribution is 9.10. The van der Waals surface area contributed by atoms with E-state index in [1.807, 2.05) is 25.1 Å². The van der Waals surface area contributed by atoms with Gasteiger partial charge in [-0.25, -0.2) is 4.98 Å². The van der Waals surface area contributed by atoms with Crippen molar-refractivity contribution in [2.24, 2.45) is 0 Å². The Morgan fingerprint density at radius 1 is 1.22 bits per heavy atom. The van der Waals surface area contributed by atoms with Crippen molar-refractivity contribution in [3.05, 3.63) is 52.1 Å². The SMILES string of the molecule is Cc1ccc(Nc2cc(C(=O)NC3CCCC3)ccn2)c(Br)c1. The summed E-state index contributed by atoms with van der Waals surface area (Å²) in [5.74, 6) is 0.638. The number of nitrogens with zero attached hydrogens (tertiary/aromatic N) is 1. The van der Waals surface area contributed by atoms with Gasteiger partial charge in [0.1, 0.15) is 5.82 Å². The maximum absolute atomic E-state index is 12.3. The minimum Gasteiger partial charge on any atom is -0.349 e. The van der Waals surface area contributed by atoms with Gasteiger partial charge in [0, 0.05) is 22.3 Å². The van der Waals surface area contributed by atoms with Crippen molar-refractivity contribution >= 4 is 33.3 Å². The van der Waals surface area contributed by atoms with E-state index in [-0.39, 0.29) is 5.91 Å². The normalized spacial score (nSPS) is 14.7. The summed E-state index contributed by atoms with van der Waals surface area (Å²) >= 11 is 3.54. The van der Waals surface area contributed by atoms with Gasteiger partial charge >= 0.3 is 0 Å². The Labute approximate surface area is 144 Å². The summed E-state index contributed by atoms with van der Waals surface area (Å²) < 4.78 is 0.972. The number of pyridine rings is 1. The molecule has 0 radical (unpaired) electrons. The number of nitrogens with one attached hydrogen (secondary N) is 2. The van der Waals surface area contributed by atoms with Crippen LogP contribution in [-0.2, 0) is 0 Å². The van der Waals surface area contributed by atoms with Gasteiger partial charge < -0.3 is 10.6 Å². The molecule has 0 spiro atoms. The topological polar surface area (TPSA) is 54.0 Å². The molecule has 1 amide bonds. The largest absolute Gasteiger partial charge is 0.349 e. The van der Waals surface area contributed by atoms with Crippen LogP contribution in [0.25, 0.3) is 0 Å². The molecule has 1 aliphatic carbocycles. The zero-order valence-corrected chi connectivity index (χ0v) is 14.7. The predicted molar refractivity (Wildman–Crippen MR) is 96.1 cm³/mol. The summed E-state index contributed by atoms with van der Waals surface area (Å²) in [5.41, 5.74) is 2.74. The molecule has 0 atom stereocenters. The van der Waals surface area contributed by atoms with Gasteiger partial charge in [-0.15, -0.1) is 0 Å². The molecule has 23 heavy (non-hydrogen) atoms. The molecule has 1 fully saturated rings. The smallest absolute Gasteiger partial charge is 0.251 e. The van der Waals surface area contributed by atoms with E-state index < -0.39 is 0 Å². The van der Waals surface area contributed by atoms with Crippen LogP contribution in [0.4, 0.5) is 11.5 Å². The van der Waals surface area contributed by atoms with Gasteiger partial charge in [-0.2, -0.15) is 0 Å². The van der Waals surface area contributed by atoms with E-state index in [4.69, 9.17) is 0 Å². The quantitative estimate of drug-likeness (QED) is 0.825. The second kappa shape index (κ2) is 7.13. The van der Waals surface area contributed by atoms with Crippen molar-refractivity contribution in [1.29, 1.82) is 0 Å². The van der Waals surface area contributed by atoms with Gasteiger partial charge in [0.25, 0.3) is 5.91 Å². The third kappa shape index (κ3) is 4.10. The van der Waals surface area contributed by atoms with Crippen molar-refractivity contribution in [2.75, 3.05) is 5.32 Å². The number of aromatic nitrogens is 1. The molecule has 0 unspecified atom stereocenters. The van der Waals surface area contributed by atoms with Crippen LogP contribution in [0.5, 0.6) is 0 Å². The molecule has 2 aromatic rings. The molecular weight excluding hydrogens is 354 g/mol. The molecule has 1 saturated carbocycles. The summed E-state index contributed by atoms with van der Waals surface area (Å²) in [6, 6.07) is 9.92. The standard InChI is InChI=1S/C18H20BrN3O/c1-12-6-7-16(15(19)10-12)22-17-11-13(8-9-20-17)18(23)21-14-4-2-3-5-14/h6-11,14H,2-5H2,1H3,(H,20,22)(H,21,23). The minimum absolute atomic E-state index is 0.0229. The summed E-state index contributed by atoms with van der Waals surface area (Å²) in [4.78, 5) is 16.6. The molecule has 1 aliphatic rings. The highest BCUT2D eigenvalue weighted by atomic mass is 79.9. The fraction of sp³-hybridized carbons (Fsp3) is 0.333. The Hall–Kier alpha value is -1.88. The van der Waals surface area contributed by atoms with Gasteiger partial charge in [-0.05, 0) is 65.5 Å². The zero-order chi connectivity index (χ0) is 16.2. The number of benzene rings is 1. The van der Waals surface area contributed by atoms with E-state index in [1.54, 1.807) is 18.3 Å². The lowest BCUT2D eigenvalue weighted by atomic mass is 10.2. The highest BCUT2D eigenvalue weighted by Gasteiger charge is 2.18. The van der Waals surface area contributed by atoms with Crippen molar-refractivity contribution in [3.63, 3.8) is 0 Å². The maximum atomic E-state index is 12.3. The first-order valence-corrected chi connectivity index (χ1v) is 8.71. The van der Waals surface area contributed by atoms with Crippen LogP contribution in [0.1, 0.15) is 41.6 Å². The monoisotopic (exact) mass is 373 g/mol. The van der Waals surface area contributed by atoms with Crippen LogP contribution in [0, 0.1) is 6.92 Å². The van der Waals surface area contributed by atoms with Crippen molar-refractivity contribution < 1.29 is 4.79 Å². The van der Waals surface area contributed by atoms with Gasteiger partial charge in [0.05, 0.1) is 5.69 Å². The van der Waals surface area contributed by atoms with E-state index in [2.05, 4.69) is 31.5 Å². The zero-order valence-electron chi connectivity index (χ0n) is 13.1. The number of anilines is 2. The molecule has 1 heterocycles. The lowest BCUT2D eigenvalue weighted by molar-refractivity contribution is 0.0938. The molecular formula is C18H20BrN3O. The summed E-state index contributed by atoms with van der Waals surface area (Å²) in [6.45, 7) is 2.04. The number of carbonyl (C=O) groups is 1. The second-order valence-corrected chi connectivity index (χ2v) is 6.85. The molecule has 0 aliphatic heterocycles. The molecule has 0 saturated heterocycles. The number of halogens is 1. The Morgan fingerprint density at radius 2 is 2.00 bits per heavy atom. The van der Waals surface area contributed by atoms with Crippen LogP contribution in [0.2, 0.25) is 0 Å². The number of rotatable bonds is 4. The molecule has 3 rings (SSSR count). The van der Waals surface area contributed by atoms with Gasteiger partial charge in [-0.3, -0.25) is 4.79 Å². The Kier molecular flexibility index (Phi) is 4.96. The van der Waals surface area contributed by atoms with Crippen LogP contribution >= 0.6 is 15.9 Å². The highest BCUT2D eigenvalue weighted by Crippen LogP contribution is 2.26. The molecule has 1 aromatic carbocycles. The first kappa shape index (κ1) is 16.0. The number of hydrogen-bond donors (Lipinski definition) is 2. The molecule has 120 valence electrons. The summed E-state index contributed by atoms with van der Waals surface area (Å²) in [7, 11) is 0. The fourth-order valence-electron chi connectivity index (χ4n) is 2.84. The number of aryl methyl sites for hydroxylation is 1. The van der Waals surface area contributed by atoms with Crippen molar-refractivity contribution in [1.82, 2.24) is 10.3 Å². The van der Waals surface area contributed by atoms with Gasteiger partial charge in [-0.1, -0.05) is 18.9 Å². The first-order chi connectivity index (χ1) is 11.1. The predicted octanol–water partition coefficient (Wildman–Crippen LogP) is 4.57. The average molecular weight is 374 g/mol. The molecule has 1 aromatic heterocycles. The molecule has 0 bridgehead atoms.